The SMILES string of the molecule is CC(C)N1CC2CCNC1C2. The third-order valence-electron chi connectivity index (χ3n) is 3.02. The lowest BCUT2D eigenvalue weighted by Crippen LogP contribution is -2.44. The zero-order valence-electron chi connectivity index (χ0n) is 7.51. The van der Waals surface area contributed by atoms with E-state index in [1.807, 2.05) is 0 Å². The second kappa shape index (κ2) is 2.76. The van der Waals surface area contributed by atoms with E-state index in [0.29, 0.717) is 6.17 Å². The van der Waals surface area contributed by atoms with Crippen LogP contribution >= 0.6 is 0 Å². The van der Waals surface area contributed by atoms with E-state index in [-0.39, 0.29) is 0 Å². The van der Waals surface area contributed by atoms with Gasteiger partial charge in [0.15, 0.2) is 0 Å². The van der Waals surface area contributed by atoms with Gasteiger partial charge in [-0.1, -0.05) is 0 Å². The fourth-order valence-electron chi connectivity index (χ4n) is 2.39. The van der Waals surface area contributed by atoms with Gasteiger partial charge >= 0.3 is 0 Å². The molecule has 1 N–H and O–H groups in total. The average molecular weight is 154 g/mol. The summed E-state index contributed by atoms with van der Waals surface area (Å²) in [6, 6.07) is 0.718. The Morgan fingerprint density at radius 2 is 2.27 bits per heavy atom. The number of fused-ring (bicyclic) bond motifs is 2. The third kappa shape index (κ3) is 1.30. The van der Waals surface area contributed by atoms with E-state index >= 15 is 0 Å². The van der Waals surface area contributed by atoms with Crippen molar-refractivity contribution in [3.8, 4) is 0 Å². The molecule has 0 saturated carbocycles. The van der Waals surface area contributed by atoms with Crippen molar-refractivity contribution in [3.63, 3.8) is 0 Å². The Kier molecular flexibility index (Phi) is 1.90. The van der Waals surface area contributed by atoms with Crippen LogP contribution in [-0.2, 0) is 0 Å². The first kappa shape index (κ1) is 7.56. The molecular formula is C9H18N2. The molecule has 0 aromatic rings. The molecule has 2 aliphatic rings. The van der Waals surface area contributed by atoms with Gasteiger partial charge in [0.05, 0.1) is 6.17 Å². The summed E-state index contributed by atoms with van der Waals surface area (Å²) in [5.41, 5.74) is 0. The minimum Gasteiger partial charge on any atom is -0.302 e. The molecule has 2 unspecified atom stereocenters. The highest BCUT2D eigenvalue weighted by Gasteiger charge is 2.35. The molecule has 2 aliphatic heterocycles. The lowest BCUT2D eigenvalue weighted by atomic mass is 10.0. The van der Waals surface area contributed by atoms with E-state index in [2.05, 4.69) is 24.1 Å². The molecule has 0 aliphatic carbocycles. The molecule has 0 amide bonds. The van der Waals surface area contributed by atoms with E-state index in [4.69, 9.17) is 0 Å². The number of likely N-dealkylation sites (tertiary alicyclic amines) is 1. The number of nitrogens with zero attached hydrogens (tertiary/aromatic N) is 1. The zero-order chi connectivity index (χ0) is 7.84. The van der Waals surface area contributed by atoms with Gasteiger partial charge in [-0.3, -0.25) is 4.90 Å². The Balaban J connectivity index is 2.03. The first-order chi connectivity index (χ1) is 5.27. The minimum absolute atomic E-state index is 0.703. The van der Waals surface area contributed by atoms with Gasteiger partial charge in [0.2, 0.25) is 0 Å². The van der Waals surface area contributed by atoms with Crippen LogP contribution in [0.3, 0.4) is 0 Å². The van der Waals surface area contributed by atoms with Crippen LogP contribution in [0.5, 0.6) is 0 Å². The van der Waals surface area contributed by atoms with E-state index in [0.717, 1.165) is 12.0 Å². The maximum Gasteiger partial charge on any atom is 0.0602 e. The fourth-order valence-corrected chi connectivity index (χ4v) is 2.39. The Hall–Kier alpha value is -0.0800. The summed E-state index contributed by atoms with van der Waals surface area (Å²) in [5, 5.41) is 3.57. The maximum absolute atomic E-state index is 3.57. The second-order valence-electron chi connectivity index (χ2n) is 4.15. The zero-order valence-corrected chi connectivity index (χ0v) is 7.51. The van der Waals surface area contributed by atoms with E-state index in [1.54, 1.807) is 0 Å². The molecule has 64 valence electrons. The standard InChI is InChI=1S/C9H18N2/c1-7(2)11-6-8-3-4-10-9(11)5-8/h7-10H,3-6H2,1-2H3. The molecule has 0 radical (unpaired) electrons. The molecule has 0 aromatic carbocycles. The lowest BCUT2D eigenvalue weighted by Gasteiger charge is -2.28. The van der Waals surface area contributed by atoms with Crippen LogP contribution in [0.15, 0.2) is 0 Å². The molecular weight excluding hydrogens is 136 g/mol. The summed E-state index contributed by atoms with van der Waals surface area (Å²) in [4.78, 5) is 2.59. The van der Waals surface area contributed by atoms with Crippen molar-refractivity contribution in [1.82, 2.24) is 10.2 Å². The van der Waals surface area contributed by atoms with Gasteiger partial charge in [-0.15, -0.1) is 0 Å². The van der Waals surface area contributed by atoms with Gasteiger partial charge in [0, 0.05) is 12.6 Å². The van der Waals surface area contributed by atoms with Crippen molar-refractivity contribution in [2.45, 2.75) is 38.9 Å². The van der Waals surface area contributed by atoms with Gasteiger partial charge in [-0.2, -0.15) is 0 Å². The molecule has 2 atom stereocenters. The molecule has 2 heteroatoms. The molecule has 2 bridgehead atoms. The van der Waals surface area contributed by atoms with Crippen molar-refractivity contribution < 1.29 is 0 Å². The van der Waals surface area contributed by atoms with Crippen molar-refractivity contribution in [2.75, 3.05) is 13.1 Å². The van der Waals surface area contributed by atoms with Crippen LogP contribution in [0.2, 0.25) is 0 Å². The highest BCUT2D eigenvalue weighted by Crippen LogP contribution is 2.28. The van der Waals surface area contributed by atoms with Crippen LogP contribution in [-0.4, -0.2) is 30.2 Å². The molecule has 2 fully saturated rings. The first-order valence-corrected chi connectivity index (χ1v) is 4.76. The molecule has 0 spiro atoms. The molecule has 2 nitrogen and oxygen atoms in total. The Morgan fingerprint density at radius 1 is 1.45 bits per heavy atom. The predicted octanol–water partition coefficient (Wildman–Crippen LogP) is 1.04. The van der Waals surface area contributed by atoms with Crippen LogP contribution in [0, 0.1) is 5.92 Å². The fraction of sp³-hybridized carbons (Fsp3) is 1.00. The number of rotatable bonds is 1. The van der Waals surface area contributed by atoms with Gasteiger partial charge in [-0.05, 0) is 39.2 Å². The molecule has 2 heterocycles. The number of piperidine rings is 1. The van der Waals surface area contributed by atoms with Crippen molar-refractivity contribution in [3.05, 3.63) is 0 Å². The number of hydrogen-bond donors (Lipinski definition) is 1. The largest absolute Gasteiger partial charge is 0.302 e. The Bertz CT molecular complexity index is 144. The van der Waals surface area contributed by atoms with Crippen LogP contribution in [0.25, 0.3) is 0 Å². The minimum atomic E-state index is 0.703. The highest BCUT2D eigenvalue weighted by atomic mass is 15.3. The normalized spacial score (nSPS) is 38.5. The van der Waals surface area contributed by atoms with Crippen LogP contribution < -0.4 is 5.32 Å². The summed E-state index contributed by atoms with van der Waals surface area (Å²) in [7, 11) is 0. The van der Waals surface area contributed by atoms with E-state index in [1.165, 1.54) is 25.9 Å². The summed E-state index contributed by atoms with van der Waals surface area (Å²) in [5.74, 6) is 0.989. The van der Waals surface area contributed by atoms with E-state index < -0.39 is 0 Å². The lowest BCUT2D eigenvalue weighted by molar-refractivity contribution is 0.180. The van der Waals surface area contributed by atoms with Crippen molar-refractivity contribution >= 4 is 0 Å². The Morgan fingerprint density at radius 3 is 2.91 bits per heavy atom. The third-order valence-corrected chi connectivity index (χ3v) is 3.02. The van der Waals surface area contributed by atoms with Gasteiger partial charge < -0.3 is 5.32 Å². The monoisotopic (exact) mass is 154 g/mol. The quantitative estimate of drug-likeness (QED) is 0.607. The molecule has 0 aromatic heterocycles. The number of hydrogen-bond acceptors (Lipinski definition) is 2. The predicted molar refractivity (Wildman–Crippen MR) is 46.4 cm³/mol. The average Bonchev–Trinajstić information content (AvgIpc) is 2.27. The smallest absolute Gasteiger partial charge is 0.0602 e. The van der Waals surface area contributed by atoms with Gasteiger partial charge in [-0.25, -0.2) is 0 Å². The summed E-state index contributed by atoms with van der Waals surface area (Å²) in [6.45, 7) is 7.15. The van der Waals surface area contributed by atoms with Crippen LogP contribution in [0.1, 0.15) is 26.7 Å². The summed E-state index contributed by atoms with van der Waals surface area (Å²) in [6.07, 6.45) is 3.48. The Labute approximate surface area is 69.0 Å². The molecule has 2 saturated heterocycles. The highest BCUT2D eigenvalue weighted by molar-refractivity contribution is 4.89. The second-order valence-corrected chi connectivity index (χ2v) is 4.15. The molecule has 2 rings (SSSR count). The summed E-state index contributed by atoms with van der Waals surface area (Å²) >= 11 is 0. The van der Waals surface area contributed by atoms with Crippen molar-refractivity contribution in [2.24, 2.45) is 5.92 Å². The first-order valence-electron chi connectivity index (χ1n) is 4.76. The topological polar surface area (TPSA) is 15.3 Å². The van der Waals surface area contributed by atoms with Crippen molar-refractivity contribution in [1.29, 1.82) is 0 Å². The van der Waals surface area contributed by atoms with E-state index in [9.17, 15) is 0 Å². The van der Waals surface area contributed by atoms with Crippen LogP contribution in [0.4, 0.5) is 0 Å². The van der Waals surface area contributed by atoms with Gasteiger partial charge in [0.25, 0.3) is 0 Å². The summed E-state index contributed by atoms with van der Waals surface area (Å²) < 4.78 is 0. The van der Waals surface area contributed by atoms with Gasteiger partial charge in [0.1, 0.15) is 0 Å². The number of nitrogens with one attached hydrogen (secondary N) is 1. The maximum atomic E-state index is 3.57. The molecule has 11 heavy (non-hydrogen) atoms.